The minimum Gasteiger partial charge on any atom is -0.439 e. The van der Waals surface area contributed by atoms with Gasteiger partial charge in [-0.05, 0) is 23.1 Å². The molecule has 0 radical (unpaired) electrons. The molecule has 2 N–H and O–H groups in total. The van der Waals surface area contributed by atoms with Crippen molar-refractivity contribution >= 4 is 22.9 Å². The Labute approximate surface area is 134 Å². The van der Waals surface area contributed by atoms with Crippen molar-refractivity contribution in [1.82, 2.24) is 15.6 Å². The first-order chi connectivity index (χ1) is 10.8. The lowest BCUT2D eigenvalue weighted by Gasteiger charge is -2.18. The Morgan fingerprint density at radius 1 is 1.43 bits per heavy atom. The molecule has 2 amide bonds. The summed E-state index contributed by atoms with van der Waals surface area (Å²) >= 11 is 0. The summed E-state index contributed by atoms with van der Waals surface area (Å²) in [6.45, 7) is 7.06. The van der Waals surface area contributed by atoms with Crippen LogP contribution in [0.3, 0.4) is 0 Å². The summed E-state index contributed by atoms with van der Waals surface area (Å²) in [5, 5.41) is 5.43. The lowest BCUT2D eigenvalue weighted by atomic mass is 9.87. The largest absolute Gasteiger partial charge is 0.439 e. The van der Waals surface area contributed by atoms with E-state index in [1.165, 1.54) is 5.56 Å². The van der Waals surface area contributed by atoms with E-state index in [4.69, 9.17) is 4.42 Å². The summed E-state index contributed by atoms with van der Waals surface area (Å²) in [6.07, 6.45) is 0.244. The van der Waals surface area contributed by atoms with Crippen LogP contribution in [0.1, 0.15) is 38.6 Å². The van der Waals surface area contributed by atoms with E-state index in [1.54, 1.807) is 0 Å². The maximum atomic E-state index is 12.0. The SMILES string of the molecule is CC(C)(C)c1ccc2oc(CNC(=O)[C@H]3CNC(=O)C3)nc2c1. The lowest BCUT2D eigenvalue weighted by Crippen LogP contribution is -2.31. The van der Waals surface area contributed by atoms with Crippen molar-refractivity contribution in [2.45, 2.75) is 39.2 Å². The molecule has 1 atom stereocenters. The molecule has 2 aromatic rings. The van der Waals surface area contributed by atoms with Crippen LogP contribution in [-0.2, 0) is 21.5 Å². The molecular weight excluding hydrogens is 294 g/mol. The smallest absolute Gasteiger partial charge is 0.225 e. The van der Waals surface area contributed by atoms with Gasteiger partial charge in [-0.25, -0.2) is 4.98 Å². The van der Waals surface area contributed by atoms with Gasteiger partial charge >= 0.3 is 0 Å². The van der Waals surface area contributed by atoms with E-state index < -0.39 is 0 Å². The predicted octanol–water partition coefficient (Wildman–Crippen LogP) is 1.88. The number of hydrogen-bond donors (Lipinski definition) is 2. The van der Waals surface area contributed by atoms with E-state index in [2.05, 4.69) is 36.4 Å². The maximum absolute atomic E-state index is 12.0. The minimum absolute atomic E-state index is 0.0452. The Kier molecular flexibility index (Phi) is 3.83. The molecule has 2 heterocycles. The maximum Gasteiger partial charge on any atom is 0.225 e. The fourth-order valence-corrected chi connectivity index (χ4v) is 2.61. The number of aromatic nitrogens is 1. The quantitative estimate of drug-likeness (QED) is 0.906. The van der Waals surface area contributed by atoms with Crippen LogP contribution in [-0.4, -0.2) is 23.3 Å². The van der Waals surface area contributed by atoms with Gasteiger partial charge in [-0.15, -0.1) is 0 Å². The van der Waals surface area contributed by atoms with Gasteiger partial charge in [0, 0.05) is 13.0 Å². The van der Waals surface area contributed by atoms with Crippen LogP contribution < -0.4 is 10.6 Å². The summed E-state index contributed by atoms with van der Waals surface area (Å²) in [6, 6.07) is 5.96. The van der Waals surface area contributed by atoms with Gasteiger partial charge in [0.15, 0.2) is 5.58 Å². The lowest BCUT2D eigenvalue weighted by molar-refractivity contribution is -0.126. The highest BCUT2D eigenvalue weighted by Crippen LogP contribution is 2.26. The number of carbonyl (C=O) groups excluding carboxylic acids is 2. The standard InChI is InChI=1S/C17H21N3O3/c1-17(2,3)11-4-5-13-12(7-11)20-15(23-13)9-19-16(22)10-6-14(21)18-8-10/h4-5,7,10H,6,8-9H2,1-3H3,(H,18,21)(H,19,22)/t10-/m1/s1. The monoisotopic (exact) mass is 315 g/mol. The molecule has 0 saturated carbocycles. The Balaban J connectivity index is 1.69. The molecule has 6 heteroatoms. The van der Waals surface area contributed by atoms with E-state index in [0.29, 0.717) is 18.0 Å². The van der Waals surface area contributed by atoms with E-state index >= 15 is 0 Å². The molecule has 1 aliphatic rings. The van der Waals surface area contributed by atoms with E-state index in [9.17, 15) is 9.59 Å². The fourth-order valence-electron chi connectivity index (χ4n) is 2.61. The topological polar surface area (TPSA) is 84.2 Å². The van der Waals surface area contributed by atoms with Crippen molar-refractivity contribution in [3.63, 3.8) is 0 Å². The Morgan fingerprint density at radius 2 is 2.22 bits per heavy atom. The molecule has 3 rings (SSSR count). The molecule has 122 valence electrons. The number of nitrogens with one attached hydrogen (secondary N) is 2. The van der Waals surface area contributed by atoms with E-state index in [1.807, 2.05) is 18.2 Å². The van der Waals surface area contributed by atoms with Gasteiger partial charge in [-0.2, -0.15) is 0 Å². The first kappa shape index (κ1) is 15.5. The number of amides is 2. The summed E-state index contributed by atoms with van der Waals surface area (Å²) in [4.78, 5) is 27.6. The van der Waals surface area contributed by atoms with Gasteiger partial charge in [-0.3, -0.25) is 9.59 Å². The van der Waals surface area contributed by atoms with Crippen LogP contribution >= 0.6 is 0 Å². The molecule has 1 fully saturated rings. The van der Waals surface area contributed by atoms with Crippen LogP contribution in [0.2, 0.25) is 0 Å². The third-order valence-electron chi connectivity index (χ3n) is 4.06. The first-order valence-corrected chi connectivity index (χ1v) is 7.77. The number of oxazole rings is 1. The average molecular weight is 315 g/mol. The number of nitrogens with zero attached hydrogens (tertiary/aromatic N) is 1. The average Bonchev–Trinajstić information content (AvgIpc) is 3.08. The molecule has 0 bridgehead atoms. The molecule has 0 aliphatic carbocycles. The summed E-state index contributed by atoms with van der Waals surface area (Å²) in [7, 11) is 0. The highest BCUT2D eigenvalue weighted by atomic mass is 16.3. The number of carbonyl (C=O) groups is 2. The number of rotatable bonds is 3. The molecule has 23 heavy (non-hydrogen) atoms. The van der Waals surface area contributed by atoms with Crippen molar-refractivity contribution in [3.8, 4) is 0 Å². The third-order valence-corrected chi connectivity index (χ3v) is 4.06. The van der Waals surface area contributed by atoms with Gasteiger partial charge in [-0.1, -0.05) is 26.8 Å². The highest BCUT2D eigenvalue weighted by molar-refractivity contribution is 5.89. The minimum atomic E-state index is -0.306. The Bertz CT molecular complexity index is 758. The molecule has 1 aliphatic heterocycles. The zero-order valence-corrected chi connectivity index (χ0v) is 13.6. The second-order valence-corrected chi connectivity index (χ2v) is 6.96. The van der Waals surface area contributed by atoms with Crippen LogP contribution in [0.5, 0.6) is 0 Å². The molecule has 1 saturated heterocycles. The second-order valence-electron chi connectivity index (χ2n) is 6.96. The Hall–Kier alpha value is -2.37. The van der Waals surface area contributed by atoms with Crippen molar-refractivity contribution in [2.24, 2.45) is 5.92 Å². The highest BCUT2D eigenvalue weighted by Gasteiger charge is 2.27. The first-order valence-electron chi connectivity index (χ1n) is 7.77. The van der Waals surface area contributed by atoms with Crippen molar-refractivity contribution in [1.29, 1.82) is 0 Å². The number of hydrogen-bond acceptors (Lipinski definition) is 4. The van der Waals surface area contributed by atoms with Gasteiger partial charge < -0.3 is 15.1 Å². The van der Waals surface area contributed by atoms with Gasteiger partial charge in [0.25, 0.3) is 0 Å². The zero-order chi connectivity index (χ0) is 16.6. The van der Waals surface area contributed by atoms with E-state index in [0.717, 1.165) is 5.52 Å². The van der Waals surface area contributed by atoms with Crippen LogP contribution in [0, 0.1) is 5.92 Å². The molecule has 1 aromatic heterocycles. The van der Waals surface area contributed by atoms with Crippen LogP contribution in [0.15, 0.2) is 22.6 Å². The van der Waals surface area contributed by atoms with Crippen molar-refractivity contribution in [3.05, 3.63) is 29.7 Å². The van der Waals surface area contributed by atoms with Gasteiger partial charge in [0.1, 0.15) is 5.52 Å². The summed E-state index contributed by atoms with van der Waals surface area (Å²) in [5.74, 6) is -0.0706. The summed E-state index contributed by atoms with van der Waals surface area (Å²) in [5.41, 5.74) is 2.73. The normalized spacial score (nSPS) is 18.2. The molecule has 6 nitrogen and oxygen atoms in total. The third kappa shape index (κ3) is 3.36. The van der Waals surface area contributed by atoms with E-state index in [-0.39, 0.29) is 36.1 Å². The van der Waals surface area contributed by atoms with Gasteiger partial charge in [0.05, 0.1) is 12.5 Å². The molecule has 1 aromatic carbocycles. The molecule has 0 unspecified atom stereocenters. The van der Waals surface area contributed by atoms with Gasteiger partial charge in [0.2, 0.25) is 17.7 Å². The predicted molar refractivity (Wildman–Crippen MR) is 85.7 cm³/mol. The number of benzene rings is 1. The summed E-state index contributed by atoms with van der Waals surface area (Å²) < 4.78 is 5.66. The van der Waals surface area contributed by atoms with Crippen molar-refractivity contribution in [2.75, 3.05) is 6.54 Å². The zero-order valence-electron chi connectivity index (χ0n) is 13.6. The Morgan fingerprint density at radius 3 is 2.87 bits per heavy atom. The fraction of sp³-hybridized carbons (Fsp3) is 0.471. The number of fused-ring (bicyclic) bond motifs is 1. The molecule has 0 spiro atoms. The van der Waals surface area contributed by atoms with Crippen LogP contribution in [0.4, 0.5) is 0 Å². The second kappa shape index (κ2) is 5.68. The van der Waals surface area contributed by atoms with Crippen molar-refractivity contribution < 1.29 is 14.0 Å². The van der Waals surface area contributed by atoms with Crippen LogP contribution in [0.25, 0.3) is 11.1 Å². The molecular formula is C17H21N3O3.